The number of likely N-dealkylation sites (N-methyl/N-ethyl adjacent to an activating group) is 1. The predicted molar refractivity (Wildman–Crippen MR) is 108 cm³/mol. The molecule has 5 nitrogen and oxygen atoms in total. The zero-order valence-electron chi connectivity index (χ0n) is 16.7. The zero-order chi connectivity index (χ0) is 20.5. The molecule has 150 valence electrons. The Morgan fingerprint density at radius 1 is 0.964 bits per heavy atom. The molecule has 0 aromatic heterocycles. The monoisotopic (exact) mass is 386 g/mol. The van der Waals surface area contributed by atoms with Gasteiger partial charge in [-0.15, -0.1) is 0 Å². The van der Waals surface area contributed by atoms with Gasteiger partial charge in [-0.25, -0.2) is 4.39 Å². The van der Waals surface area contributed by atoms with Crippen LogP contribution in [0.1, 0.15) is 31.9 Å². The lowest BCUT2D eigenvalue weighted by molar-refractivity contribution is -0.862. The van der Waals surface area contributed by atoms with E-state index in [1.165, 1.54) is 24.3 Å². The molecule has 0 spiro atoms. The van der Waals surface area contributed by atoms with E-state index < -0.39 is 0 Å². The van der Waals surface area contributed by atoms with Crippen molar-refractivity contribution in [2.24, 2.45) is 5.92 Å². The van der Waals surface area contributed by atoms with E-state index in [9.17, 15) is 14.0 Å². The van der Waals surface area contributed by atoms with E-state index in [0.29, 0.717) is 11.6 Å². The minimum atomic E-state index is -0.355. The van der Waals surface area contributed by atoms with Gasteiger partial charge in [-0.3, -0.25) is 9.59 Å². The first-order valence-corrected chi connectivity index (χ1v) is 9.54. The highest BCUT2D eigenvalue weighted by atomic mass is 19.1. The second kappa shape index (κ2) is 10.6. The lowest BCUT2D eigenvalue weighted by atomic mass is 9.97. The van der Waals surface area contributed by atoms with Crippen molar-refractivity contribution in [3.8, 4) is 0 Å². The van der Waals surface area contributed by atoms with Gasteiger partial charge < -0.3 is 15.5 Å². The van der Waals surface area contributed by atoms with Crippen LogP contribution in [0, 0.1) is 11.7 Å². The van der Waals surface area contributed by atoms with Crippen LogP contribution in [-0.4, -0.2) is 32.0 Å². The van der Waals surface area contributed by atoms with Gasteiger partial charge >= 0.3 is 0 Å². The van der Waals surface area contributed by atoms with Crippen molar-refractivity contribution in [1.29, 1.82) is 0 Å². The number of hydrogen-bond donors (Lipinski definition) is 3. The molecular formula is C22H29FN3O2+. The van der Waals surface area contributed by atoms with Crippen LogP contribution in [-0.2, 0) is 9.59 Å². The van der Waals surface area contributed by atoms with Crippen LogP contribution in [0.15, 0.2) is 54.6 Å². The van der Waals surface area contributed by atoms with Gasteiger partial charge in [0.05, 0.1) is 13.1 Å². The first kappa shape index (κ1) is 21.6. The van der Waals surface area contributed by atoms with Gasteiger partial charge in [0.2, 0.25) is 0 Å². The Bertz CT molecular complexity index is 763. The third kappa shape index (κ3) is 7.48. The summed E-state index contributed by atoms with van der Waals surface area (Å²) < 4.78 is 12.9. The fourth-order valence-electron chi connectivity index (χ4n) is 3.03. The maximum Gasteiger partial charge on any atom is 0.279 e. The summed E-state index contributed by atoms with van der Waals surface area (Å²) in [5.74, 6) is -0.232. The lowest BCUT2D eigenvalue weighted by Crippen LogP contribution is -3.11. The summed E-state index contributed by atoms with van der Waals surface area (Å²) >= 11 is 0. The molecule has 2 amide bonds. The van der Waals surface area contributed by atoms with Crippen molar-refractivity contribution in [3.05, 3.63) is 66.0 Å². The fraction of sp³-hybridized carbons (Fsp3) is 0.364. The van der Waals surface area contributed by atoms with Crippen LogP contribution in [0.3, 0.4) is 0 Å². The number of carbonyl (C=O) groups excluding carboxylic acids is 2. The van der Waals surface area contributed by atoms with Crippen LogP contribution in [0.25, 0.3) is 0 Å². The fourth-order valence-corrected chi connectivity index (χ4v) is 3.03. The average molecular weight is 386 g/mol. The Morgan fingerprint density at radius 3 is 2.18 bits per heavy atom. The molecule has 0 bridgehead atoms. The maximum absolute atomic E-state index is 12.9. The molecule has 0 aliphatic heterocycles. The molecule has 0 radical (unpaired) electrons. The molecular weight excluding hydrogens is 357 g/mol. The van der Waals surface area contributed by atoms with Gasteiger partial charge in [0.15, 0.2) is 13.1 Å². The standard InChI is InChI=1S/C22H28FN3O2/c1-16(2)13-20(17-7-5-4-6-8-17)25-22(28)15-26(3)14-21(27)24-19-11-9-18(23)10-12-19/h4-12,16,20H,13-15H2,1-3H3,(H,24,27)(H,25,28)/p+1/t20-/m1/s1. The molecule has 0 aliphatic carbocycles. The van der Waals surface area contributed by atoms with Gasteiger partial charge in [0.25, 0.3) is 11.8 Å². The highest BCUT2D eigenvalue weighted by Crippen LogP contribution is 2.20. The number of quaternary nitrogens is 1. The predicted octanol–water partition coefficient (Wildman–Crippen LogP) is 2.18. The average Bonchev–Trinajstić information content (AvgIpc) is 2.63. The van der Waals surface area contributed by atoms with Crippen LogP contribution >= 0.6 is 0 Å². The minimum absolute atomic E-state index is 0.0467. The number of nitrogens with one attached hydrogen (secondary N) is 3. The third-order valence-electron chi connectivity index (χ3n) is 4.30. The molecule has 6 heteroatoms. The Morgan fingerprint density at radius 2 is 1.57 bits per heavy atom. The summed E-state index contributed by atoms with van der Waals surface area (Å²) in [4.78, 5) is 25.4. The topological polar surface area (TPSA) is 62.6 Å². The normalized spacial score (nSPS) is 13.0. The first-order valence-electron chi connectivity index (χ1n) is 9.54. The molecule has 3 N–H and O–H groups in total. The number of rotatable bonds is 9. The molecule has 0 aliphatic rings. The summed E-state index contributed by atoms with van der Waals surface area (Å²) in [5.41, 5.74) is 1.61. The number of hydrogen-bond acceptors (Lipinski definition) is 2. The molecule has 0 heterocycles. The van der Waals surface area contributed by atoms with E-state index in [-0.39, 0.29) is 36.8 Å². The van der Waals surface area contributed by atoms with Gasteiger partial charge in [-0.05, 0) is 42.2 Å². The molecule has 2 aromatic rings. The number of halogens is 1. The van der Waals surface area contributed by atoms with Crippen molar-refractivity contribution >= 4 is 17.5 Å². The lowest BCUT2D eigenvalue weighted by Gasteiger charge is -2.22. The van der Waals surface area contributed by atoms with Gasteiger partial charge in [-0.2, -0.15) is 0 Å². The second-order valence-electron chi connectivity index (χ2n) is 7.53. The Hall–Kier alpha value is -2.73. The van der Waals surface area contributed by atoms with Crippen LogP contribution < -0.4 is 15.5 Å². The first-order chi connectivity index (χ1) is 13.3. The molecule has 28 heavy (non-hydrogen) atoms. The molecule has 2 atom stereocenters. The van der Waals surface area contributed by atoms with E-state index in [0.717, 1.165) is 16.9 Å². The highest BCUT2D eigenvalue weighted by Gasteiger charge is 2.19. The van der Waals surface area contributed by atoms with E-state index in [4.69, 9.17) is 0 Å². The van der Waals surface area contributed by atoms with Gasteiger partial charge in [-0.1, -0.05) is 44.2 Å². The van der Waals surface area contributed by atoms with Crippen molar-refractivity contribution in [2.45, 2.75) is 26.3 Å². The minimum Gasteiger partial charge on any atom is -0.344 e. The Balaban J connectivity index is 1.86. The van der Waals surface area contributed by atoms with E-state index >= 15 is 0 Å². The van der Waals surface area contributed by atoms with Crippen molar-refractivity contribution in [1.82, 2.24) is 5.32 Å². The summed E-state index contributed by atoms with van der Waals surface area (Å²) in [6.45, 7) is 4.59. The highest BCUT2D eigenvalue weighted by molar-refractivity contribution is 5.91. The van der Waals surface area contributed by atoms with Crippen molar-refractivity contribution in [3.63, 3.8) is 0 Å². The van der Waals surface area contributed by atoms with E-state index in [2.05, 4.69) is 24.5 Å². The molecule has 2 aromatic carbocycles. The van der Waals surface area contributed by atoms with Crippen molar-refractivity contribution < 1.29 is 18.9 Å². The summed E-state index contributed by atoms with van der Waals surface area (Å²) in [5, 5.41) is 5.80. The third-order valence-corrected chi connectivity index (χ3v) is 4.30. The Labute approximate surface area is 165 Å². The molecule has 0 saturated carbocycles. The number of anilines is 1. The maximum atomic E-state index is 12.9. The molecule has 0 saturated heterocycles. The largest absolute Gasteiger partial charge is 0.344 e. The van der Waals surface area contributed by atoms with Gasteiger partial charge in [0.1, 0.15) is 5.82 Å². The second-order valence-corrected chi connectivity index (χ2v) is 7.53. The zero-order valence-corrected chi connectivity index (χ0v) is 16.7. The Kier molecular flexibility index (Phi) is 8.14. The smallest absolute Gasteiger partial charge is 0.279 e. The quantitative estimate of drug-likeness (QED) is 0.619. The molecule has 2 rings (SSSR count). The number of carbonyl (C=O) groups is 2. The SMILES string of the molecule is CC(C)C[C@@H](NC(=O)C[NH+](C)CC(=O)Nc1ccc(F)cc1)c1ccccc1. The van der Waals surface area contributed by atoms with Crippen LogP contribution in [0.5, 0.6) is 0 Å². The molecule has 0 fully saturated rings. The van der Waals surface area contributed by atoms with Crippen molar-refractivity contribution in [2.75, 3.05) is 25.5 Å². The summed E-state index contributed by atoms with van der Waals surface area (Å²) in [6, 6.07) is 15.5. The van der Waals surface area contributed by atoms with Crippen LogP contribution in [0.2, 0.25) is 0 Å². The molecule has 1 unspecified atom stereocenters. The number of amides is 2. The summed E-state index contributed by atoms with van der Waals surface area (Å²) in [6.07, 6.45) is 0.847. The number of benzene rings is 2. The summed E-state index contributed by atoms with van der Waals surface area (Å²) in [7, 11) is 1.80. The van der Waals surface area contributed by atoms with E-state index in [1.54, 1.807) is 7.05 Å². The van der Waals surface area contributed by atoms with E-state index in [1.807, 2.05) is 30.3 Å². The van der Waals surface area contributed by atoms with Gasteiger partial charge in [0, 0.05) is 5.69 Å². The van der Waals surface area contributed by atoms with Crippen LogP contribution in [0.4, 0.5) is 10.1 Å².